The summed E-state index contributed by atoms with van der Waals surface area (Å²) in [5.74, 6) is 6.69. The molecule has 0 aliphatic rings. The highest BCUT2D eigenvalue weighted by atomic mass is 32.2. The molecule has 0 radical (unpaired) electrons. The van der Waals surface area contributed by atoms with Gasteiger partial charge in [0.05, 0.1) is 11.5 Å². The summed E-state index contributed by atoms with van der Waals surface area (Å²) in [5.41, 5.74) is 5.57. The fraction of sp³-hybridized carbons (Fsp3) is 0.259. The zero-order chi connectivity index (χ0) is 22.3. The van der Waals surface area contributed by atoms with Crippen LogP contribution in [0.15, 0.2) is 77.7 Å². The average molecular weight is 433 g/mol. The molecule has 160 valence electrons. The van der Waals surface area contributed by atoms with Crippen molar-refractivity contribution in [1.82, 2.24) is 0 Å². The van der Waals surface area contributed by atoms with E-state index in [-0.39, 0.29) is 11.5 Å². The van der Waals surface area contributed by atoms with Crippen LogP contribution in [-0.2, 0) is 20.7 Å². The minimum absolute atomic E-state index is 0.0318. The van der Waals surface area contributed by atoms with Crippen LogP contribution in [0.4, 0.5) is 0 Å². The van der Waals surface area contributed by atoms with E-state index >= 15 is 0 Å². The van der Waals surface area contributed by atoms with Crippen molar-refractivity contribution in [3.63, 3.8) is 0 Å². The van der Waals surface area contributed by atoms with Gasteiger partial charge in [-0.25, -0.2) is 0 Å². The van der Waals surface area contributed by atoms with Crippen molar-refractivity contribution in [3.05, 3.63) is 89.5 Å². The minimum Gasteiger partial charge on any atom is -0.265 e. The van der Waals surface area contributed by atoms with Crippen LogP contribution >= 0.6 is 0 Å². The average Bonchev–Trinajstić information content (AvgIpc) is 2.74. The van der Waals surface area contributed by atoms with Gasteiger partial charge in [0.15, 0.2) is 0 Å². The Balaban J connectivity index is 1.53. The summed E-state index contributed by atoms with van der Waals surface area (Å²) >= 11 is 0. The molecular weight excluding hydrogens is 404 g/mol. The van der Waals surface area contributed by atoms with Crippen molar-refractivity contribution in [2.75, 3.05) is 6.61 Å². The maximum Gasteiger partial charge on any atom is 0.297 e. The molecule has 0 amide bonds. The molecule has 31 heavy (non-hydrogen) atoms. The van der Waals surface area contributed by atoms with Crippen LogP contribution in [0.25, 0.3) is 11.1 Å². The zero-order valence-corrected chi connectivity index (χ0v) is 19.1. The first kappa shape index (κ1) is 22.8. The number of rotatable bonds is 7. The van der Waals surface area contributed by atoms with E-state index in [0.717, 1.165) is 23.1 Å². The highest BCUT2D eigenvalue weighted by Crippen LogP contribution is 2.21. The Kier molecular flexibility index (Phi) is 7.68. The maximum atomic E-state index is 12.2. The first-order valence-corrected chi connectivity index (χ1v) is 11.9. The van der Waals surface area contributed by atoms with Crippen LogP contribution in [-0.4, -0.2) is 15.0 Å². The summed E-state index contributed by atoms with van der Waals surface area (Å²) in [6.45, 7) is 6.39. The highest BCUT2D eigenvalue weighted by molar-refractivity contribution is 7.86. The summed E-state index contributed by atoms with van der Waals surface area (Å²) in [4.78, 5) is 0.166. The molecule has 0 bridgehead atoms. The molecule has 0 aromatic heterocycles. The lowest BCUT2D eigenvalue weighted by Crippen LogP contribution is -2.07. The third-order valence-corrected chi connectivity index (χ3v) is 6.15. The second-order valence-corrected chi connectivity index (χ2v) is 9.63. The maximum absolute atomic E-state index is 12.2. The predicted octanol–water partition coefficient (Wildman–Crippen LogP) is 6.01. The topological polar surface area (TPSA) is 43.4 Å². The predicted molar refractivity (Wildman–Crippen MR) is 126 cm³/mol. The molecule has 4 heteroatoms. The van der Waals surface area contributed by atoms with Gasteiger partial charge in [-0.1, -0.05) is 79.8 Å². The lowest BCUT2D eigenvalue weighted by atomic mass is 9.99. The molecule has 0 aliphatic carbocycles. The van der Waals surface area contributed by atoms with Crippen LogP contribution in [0.2, 0.25) is 0 Å². The van der Waals surface area contributed by atoms with Crippen LogP contribution < -0.4 is 0 Å². The summed E-state index contributed by atoms with van der Waals surface area (Å²) in [6, 6.07) is 23.4. The molecule has 3 aromatic carbocycles. The molecule has 0 aliphatic heterocycles. The molecule has 3 rings (SSSR count). The van der Waals surface area contributed by atoms with Gasteiger partial charge in [-0.15, -0.1) is 0 Å². The van der Waals surface area contributed by atoms with Crippen LogP contribution in [0.1, 0.15) is 37.0 Å². The zero-order valence-electron chi connectivity index (χ0n) is 18.3. The first-order chi connectivity index (χ1) is 14.8. The molecule has 0 fully saturated rings. The van der Waals surface area contributed by atoms with Gasteiger partial charge in [0.25, 0.3) is 10.1 Å². The quantitative estimate of drug-likeness (QED) is 0.261. The summed E-state index contributed by atoms with van der Waals surface area (Å²) < 4.78 is 29.4. The van der Waals surface area contributed by atoms with Crippen molar-refractivity contribution in [1.29, 1.82) is 0 Å². The second kappa shape index (κ2) is 10.4. The smallest absolute Gasteiger partial charge is 0.265 e. The molecule has 3 nitrogen and oxygen atoms in total. The van der Waals surface area contributed by atoms with Gasteiger partial charge in [-0.2, -0.15) is 8.42 Å². The lowest BCUT2D eigenvalue weighted by Gasteiger charge is -2.07. The third kappa shape index (κ3) is 6.82. The largest absolute Gasteiger partial charge is 0.297 e. The Labute approximate surface area is 186 Å². The van der Waals surface area contributed by atoms with Crippen LogP contribution in [0.3, 0.4) is 0 Å². The third-order valence-electron chi connectivity index (χ3n) is 4.82. The fourth-order valence-corrected chi connectivity index (χ4v) is 4.10. The fourth-order valence-electron chi connectivity index (χ4n) is 3.19. The molecule has 3 aromatic rings. The van der Waals surface area contributed by atoms with E-state index in [9.17, 15) is 8.42 Å². The first-order valence-electron chi connectivity index (χ1n) is 10.5. The highest BCUT2D eigenvalue weighted by Gasteiger charge is 2.13. The van der Waals surface area contributed by atoms with E-state index in [1.54, 1.807) is 24.3 Å². The van der Waals surface area contributed by atoms with E-state index in [1.165, 1.54) is 11.1 Å². The van der Waals surface area contributed by atoms with Crippen molar-refractivity contribution < 1.29 is 12.6 Å². The van der Waals surface area contributed by atoms with Gasteiger partial charge in [-0.05, 0) is 60.2 Å². The summed E-state index contributed by atoms with van der Waals surface area (Å²) in [5, 5.41) is 0. The van der Waals surface area contributed by atoms with Gasteiger partial charge in [0, 0.05) is 12.0 Å². The van der Waals surface area contributed by atoms with E-state index in [0.29, 0.717) is 12.3 Å². The second-order valence-electron chi connectivity index (χ2n) is 8.01. The molecule has 0 spiro atoms. The Morgan fingerprint density at radius 1 is 0.839 bits per heavy atom. The van der Waals surface area contributed by atoms with E-state index in [2.05, 4.69) is 62.1 Å². The molecule has 0 N–H and O–H groups in total. The van der Waals surface area contributed by atoms with Crippen LogP contribution in [0.5, 0.6) is 0 Å². The van der Waals surface area contributed by atoms with E-state index in [4.69, 9.17) is 4.18 Å². The normalized spacial score (nSPS) is 11.2. The Morgan fingerprint density at radius 2 is 1.42 bits per heavy atom. The molecule has 0 atom stereocenters. The lowest BCUT2D eigenvalue weighted by molar-refractivity contribution is 0.326. The molecule has 0 saturated carbocycles. The molecule has 0 unspecified atom stereocenters. The van der Waals surface area contributed by atoms with Gasteiger partial charge in [0.2, 0.25) is 0 Å². The number of aryl methyl sites for hydroxylation is 1. The van der Waals surface area contributed by atoms with Crippen molar-refractivity contribution in [2.45, 2.75) is 38.5 Å². The Bertz CT molecular complexity index is 1150. The van der Waals surface area contributed by atoms with Crippen molar-refractivity contribution in [2.24, 2.45) is 5.92 Å². The van der Waals surface area contributed by atoms with E-state index < -0.39 is 10.1 Å². The van der Waals surface area contributed by atoms with Gasteiger partial charge >= 0.3 is 0 Å². The van der Waals surface area contributed by atoms with Crippen LogP contribution in [0, 0.1) is 24.7 Å². The van der Waals surface area contributed by atoms with Gasteiger partial charge in [0.1, 0.15) is 0 Å². The summed E-state index contributed by atoms with van der Waals surface area (Å²) in [7, 11) is -3.74. The van der Waals surface area contributed by atoms with E-state index in [1.807, 2.05) is 19.1 Å². The monoisotopic (exact) mass is 432 g/mol. The number of benzene rings is 3. The van der Waals surface area contributed by atoms with Crippen molar-refractivity contribution in [3.8, 4) is 23.0 Å². The Hall–Kier alpha value is -2.87. The van der Waals surface area contributed by atoms with Crippen molar-refractivity contribution >= 4 is 10.1 Å². The number of hydrogen-bond acceptors (Lipinski definition) is 3. The van der Waals surface area contributed by atoms with Gasteiger partial charge in [-0.3, -0.25) is 4.18 Å². The number of hydrogen-bond donors (Lipinski definition) is 0. The minimum atomic E-state index is -3.74. The SMILES string of the molecule is Cc1ccc(S(=O)(=O)OCCC#Cc2ccc(-c3ccc(CC(C)C)cc3)cc2)cc1. The molecule has 0 heterocycles. The standard InChI is InChI=1S/C27H28O3S/c1-21(2)20-24-11-15-26(16-12-24)25-13-9-23(10-14-25)6-4-5-19-30-31(28,29)27-17-7-22(3)8-18-27/h7-18,21H,5,19-20H2,1-3H3. The summed E-state index contributed by atoms with van der Waals surface area (Å²) in [6.07, 6.45) is 1.43. The Morgan fingerprint density at radius 3 is 2.00 bits per heavy atom. The molecular formula is C27H28O3S. The van der Waals surface area contributed by atoms with Gasteiger partial charge < -0.3 is 0 Å². The molecule has 0 saturated heterocycles.